The highest BCUT2D eigenvalue weighted by atomic mass is 35.5. The van der Waals surface area contributed by atoms with Gasteiger partial charge in [-0.3, -0.25) is 9.59 Å². The number of carbonyl (C=O) groups excluding carboxylic acids is 2. The van der Waals surface area contributed by atoms with Crippen LogP contribution in [0.1, 0.15) is 20.7 Å². The molecule has 9 nitrogen and oxygen atoms in total. The van der Waals surface area contributed by atoms with Gasteiger partial charge in [-0.2, -0.15) is 0 Å². The Hall–Kier alpha value is -5.15. The van der Waals surface area contributed by atoms with Crippen LogP contribution < -0.4 is 14.2 Å². The van der Waals surface area contributed by atoms with Gasteiger partial charge in [0.25, 0.3) is 5.88 Å². The van der Waals surface area contributed by atoms with Gasteiger partial charge >= 0.3 is 0 Å². The van der Waals surface area contributed by atoms with Crippen LogP contribution in [0.2, 0.25) is 5.15 Å². The van der Waals surface area contributed by atoms with E-state index in [1.54, 1.807) is 55.6 Å². The number of para-hydroxylation sites is 1. The van der Waals surface area contributed by atoms with E-state index >= 15 is 0 Å². The molecule has 0 unspecified atom stereocenters. The average molecular weight is 555 g/mol. The maximum absolute atomic E-state index is 10.7. The highest BCUT2D eigenvalue weighted by Crippen LogP contribution is 2.31. The molecule has 0 N–H and O–H groups in total. The second-order valence-electron chi connectivity index (χ2n) is 8.09. The number of aromatic nitrogens is 4. The third-order valence-electron chi connectivity index (χ3n) is 5.53. The minimum Gasteiger partial charge on any atom is -0.493 e. The summed E-state index contributed by atoms with van der Waals surface area (Å²) >= 11 is 5.79. The third-order valence-corrected chi connectivity index (χ3v) is 5.79. The van der Waals surface area contributed by atoms with Crippen molar-refractivity contribution in [3.63, 3.8) is 0 Å². The van der Waals surface area contributed by atoms with E-state index in [1.165, 1.54) is 7.11 Å². The Kier molecular flexibility index (Phi) is 9.47. The maximum atomic E-state index is 10.7. The largest absolute Gasteiger partial charge is 0.493 e. The van der Waals surface area contributed by atoms with Gasteiger partial charge < -0.3 is 14.2 Å². The Morgan fingerprint density at radius 2 is 1.12 bits per heavy atom. The minimum absolute atomic E-state index is 0.223. The summed E-state index contributed by atoms with van der Waals surface area (Å²) in [7, 11) is 3.07. The van der Waals surface area contributed by atoms with Crippen molar-refractivity contribution in [2.45, 2.75) is 0 Å². The molecule has 2 heterocycles. The number of nitrogens with zero attached hydrogens (tertiary/aromatic N) is 4. The van der Waals surface area contributed by atoms with Crippen LogP contribution in [0.5, 0.6) is 23.1 Å². The van der Waals surface area contributed by atoms with E-state index < -0.39 is 0 Å². The van der Waals surface area contributed by atoms with Crippen molar-refractivity contribution in [3.8, 4) is 45.6 Å². The summed E-state index contributed by atoms with van der Waals surface area (Å²) in [5.41, 5.74) is 4.19. The van der Waals surface area contributed by atoms with Gasteiger partial charge in [0.2, 0.25) is 0 Å². The van der Waals surface area contributed by atoms with Crippen LogP contribution in [-0.4, -0.2) is 47.2 Å². The molecule has 10 heteroatoms. The van der Waals surface area contributed by atoms with Crippen molar-refractivity contribution in [2.24, 2.45) is 0 Å². The Morgan fingerprint density at radius 1 is 0.625 bits per heavy atom. The second-order valence-corrected chi connectivity index (χ2v) is 8.44. The number of aldehydes is 2. The van der Waals surface area contributed by atoms with Crippen LogP contribution in [-0.2, 0) is 0 Å². The van der Waals surface area contributed by atoms with Gasteiger partial charge in [-0.05, 0) is 12.1 Å². The Bertz CT molecular complexity index is 1580. The lowest BCUT2D eigenvalue weighted by atomic mass is 10.1. The van der Waals surface area contributed by atoms with Crippen molar-refractivity contribution in [2.75, 3.05) is 14.2 Å². The van der Waals surface area contributed by atoms with Gasteiger partial charge in [0.1, 0.15) is 18.3 Å². The Balaban J connectivity index is 0.000000194. The number of ether oxygens (including phenoxy) is 3. The summed E-state index contributed by atoms with van der Waals surface area (Å²) in [4.78, 5) is 21.2. The molecular weight excluding hydrogens is 532 g/mol. The first-order valence-corrected chi connectivity index (χ1v) is 12.3. The van der Waals surface area contributed by atoms with E-state index in [-0.39, 0.29) is 5.15 Å². The number of hydrogen-bond donors (Lipinski definition) is 0. The van der Waals surface area contributed by atoms with Crippen LogP contribution in [0.3, 0.4) is 0 Å². The van der Waals surface area contributed by atoms with Crippen LogP contribution in [0.4, 0.5) is 0 Å². The van der Waals surface area contributed by atoms with E-state index in [1.807, 2.05) is 42.5 Å². The molecule has 0 spiro atoms. The maximum Gasteiger partial charge on any atom is 0.281 e. The monoisotopic (exact) mass is 554 g/mol. The Labute approximate surface area is 235 Å². The molecule has 0 radical (unpaired) electrons. The lowest BCUT2D eigenvalue weighted by Gasteiger charge is -2.10. The van der Waals surface area contributed by atoms with Crippen molar-refractivity contribution in [1.82, 2.24) is 20.4 Å². The van der Waals surface area contributed by atoms with Crippen LogP contribution in [0, 0.1) is 0 Å². The molecule has 0 amide bonds. The fourth-order valence-corrected chi connectivity index (χ4v) is 3.60. The van der Waals surface area contributed by atoms with E-state index in [0.717, 1.165) is 23.7 Å². The predicted molar refractivity (Wildman–Crippen MR) is 150 cm³/mol. The highest BCUT2D eigenvalue weighted by molar-refractivity contribution is 6.30. The van der Waals surface area contributed by atoms with Crippen molar-refractivity contribution in [1.29, 1.82) is 0 Å². The molecule has 0 aliphatic rings. The quantitative estimate of drug-likeness (QED) is 0.202. The van der Waals surface area contributed by atoms with Gasteiger partial charge in [-0.25, -0.2) is 0 Å². The first-order chi connectivity index (χ1) is 19.5. The number of rotatable bonds is 8. The summed E-state index contributed by atoms with van der Waals surface area (Å²) in [6.45, 7) is 0. The first-order valence-electron chi connectivity index (χ1n) is 11.9. The van der Waals surface area contributed by atoms with Gasteiger partial charge in [-0.15, -0.1) is 20.4 Å². The lowest BCUT2D eigenvalue weighted by molar-refractivity contribution is 0.111. The number of methoxy groups -OCH3 is 2. The van der Waals surface area contributed by atoms with Crippen LogP contribution in [0.15, 0.2) is 91.0 Å². The van der Waals surface area contributed by atoms with Crippen LogP contribution in [0.25, 0.3) is 22.5 Å². The Morgan fingerprint density at radius 3 is 1.62 bits per heavy atom. The molecule has 0 saturated heterocycles. The molecule has 5 aromatic rings. The topological polar surface area (TPSA) is 113 Å². The fourth-order valence-electron chi connectivity index (χ4n) is 3.43. The SMILES string of the molecule is COc1cc(-c2ccc(C=O)cc2)nnc1Cl.COc1cc(-c2ccc(C=O)cc2)nnc1Oc1ccccc1. The molecule has 40 heavy (non-hydrogen) atoms. The van der Waals surface area contributed by atoms with Crippen molar-refractivity contribution >= 4 is 24.2 Å². The first kappa shape index (κ1) is 27.9. The molecule has 0 saturated carbocycles. The molecule has 0 fully saturated rings. The third kappa shape index (κ3) is 7.03. The van der Waals surface area contributed by atoms with Crippen LogP contribution >= 0.6 is 11.6 Å². The molecule has 0 atom stereocenters. The number of hydrogen-bond acceptors (Lipinski definition) is 9. The summed E-state index contributed by atoms with van der Waals surface area (Å²) in [5.74, 6) is 1.91. The fraction of sp³-hybridized carbons (Fsp3) is 0.0667. The predicted octanol–water partition coefficient (Wildman–Crippen LogP) is 6.38. The summed E-state index contributed by atoms with van der Waals surface area (Å²) in [6.07, 6.45) is 1.59. The molecule has 5 rings (SSSR count). The zero-order valence-corrected chi connectivity index (χ0v) is 22.3. The number of halogens is 1. The van der Waals surface area contributed by atoms with Gasteiger partial charge in [0.05, 0.1) is 25.6 Å². The summed E-state index contributed by atoms with van der Waals surface area (Å²) in [6, 6.07) is 26.8. The molecular formula is C30H23ClN4O5. The molecule has 3 aromatic carbocycles. The zero-order chi connectivity index (χ0) is 28.3. The summed E-state index contributed by atoms with van der Waals surface area (Å²) < 4.78 is 16.1. The molecule has 0 bridgehead atoms. The summed E-state index contributed by atoms with van der Waals surface area (Å²) in [5, 5.41) is 16.2. The second kappa shape index (κ2) is 13.6. The number of benzene rings is 3. The minimum atomic E-state index is 0.223. The molecule has 200 valence electrons. The standard InChI is InChI=1S/C18H14N2O3.C12H9ClN2O2/c1-22-17-11-16(14-9-7-13(12-21)8-10-14)19-20-18(17)23-15-5-3-2-4-6-15;1-17-11-6-10(14-15-12(11)13)9-4-2-8(7-16)3-5-9/h2-12H,1H3;2-7H,1H3. The zero-order valence-electron chi connectivity index (χ0n) is 21.5. The number of carbonyl (C=O) groups is 2. The molecule has 0 aliphatic carbocycles. The van der Waals surface area contributed by atoms with Gasteiger partial charge in [0.15, 0.2) is 16.7 Å². The molecule has 2 aromatic heterocycles. The highest BCUT2D eigenvalue weighted by Gasteiger charge is 2.12. The van der Waals surface area contributed by atoms with Crippen molar-refractivity contribution in [3.05, 3.63) is 107 Å². The van der Waals surface area contributed by atoms with E-state index in [2.05, 4.69) is 20.4 Å². The van der Waals surface area contributed by atoms with E-state index in [4.69, 9.17) is 25.8 Å². The van der Waals surface area contributed by atoms with E-state index in [9.17, 15) is 9.59 Å². The van der Waals surface area contributed by atoms with Crippen molar-refractivity contribution < 1.29 is 23.8 Å². The lowest BCUT2D eigenvalue weighted by Crippen LogP contribution is -1.97. The van der Waals surface area contributed by atoms with Gasteiger partial charge in [0, 0.05) is 34.4 Å². The average Bonchev–Trinajstić information content (AvgIpc) is 3.02. The smallest absolute Gasteiger partial charge is 0.281 e. The van der Waals surface area contributed by atoms with Gasteiger partial charge in [-0.1, -0.05) is 78.3 Å². The molecule has 0 aliphatic heterocycles. The van der Waals surface area contributed by atoms with E-state index in [0.29, 0.717) is 45.6 Å². The normalized spacial score (nSPS) is 10.1.